The molecule has 0 fully saturated rings. The highest BCUT2D eigenvalue weighted by atomic mass is 19.1. The topological polar surface area (TPSA) is 69.4 Å². The highest BCUT2D eigenvalue weighted by Crippen LogP contribution is 2.27. The third-order valence-electron chi connectivity index (χ3n) is 2.92. The van der Waals surface area contributed by atoms with Gasteiger partial charge in [0.2, 0.25) is 0 Å². The van der Waals surface area contributed by atoms with Crippen molar-refractivity contribution in [2.75, 3.05) is 6.61 Å². The first-order valence-corrected chi connectivity index (χ1v) is 6.14. The van der Waals surface area contributed by atoms with Gasteiger partial charge in [-0.05, 0) is 18.6 Å². The Morgan fingerprint density at radius 2 is 2.00 bits per heavy atom. The molecule has 0 aromatic heterocycles. The van der Waals surface area contributed by atoms with Crippen LogP contribution in [0.15, 0.2) is 42.5 Å². The van der Waals surface area contributed by atoms with Crippen molar-refractivity contribution in [2.24, 2.45) is 0 Å². The van der Waals surface area contributed by atoms with Gasteiger partial charge >= 0.3 is 5.69 Å². The average molecular weight is 289 g/mol. The van der Waals surface area contributed by atoms with Crippen LogP contribution in [0.1, 0.15) is 15.9 Å². The smallest absolute Gasteiger partial charge is 0.311 e. The summed E-state index contributed by atoms with van der Waals surface area (Å²) in [4.78, 5) is 22.1. The summed E-state index contributed by atoms with van der Waals surface area (Å²) in [6, 6.07) is 9.79. The second kappa shape index (κ2) is 6.13. The van der Waals surface area contributed by atoms with Gasteiger partial charge in [0.15, 0.2) is 18.1 Å². The Labute approximate surface area is 120 Å². The van der Waals surface area contributed by atoms with Crippen molar-refractivity contribution in [3.8, 4) is 5.75 Å². The molecule has 0 heterocycles. The number of rotatable bonds is 5. The fourth-order valence-electron chi connectivity index (χ4n) is 1.86. The molecule has 0 aliphatic rings. The summed E-state index contributed by atoms with van der Waals surface area (Å²) < 4.78 is 18.3. The number of ketones is 1. The summed E-state index contributed by atoms with van der Waals surface area (Å²) in [7, 11) is 0. The summed E-state index contributed by atoms with van der Waals surface area (Å²) in [6.07, 6.45) is 0. The zero-order valence-electron chi connectivity index (χ0n) is 11.2. The predicted molar refractivity (Wildman–Crippen MR) is 74.1 cm³/mol. The van der Waals surface area contributed by atoms with Crippen LogP contribution in [-0.2, 0) is 0 Å². The molecule has 21 heavy (non-hydrogen) atoms. The van der Waals surface area contributed by atoms with Crippen LogP contribution in [0.2, 0.25) is 0 Å². The molecule has 108 valence electrons. The van der Waals surface area contributed by atoms with Crippen molar-refractivity contribution in [1.29, 1.82) is 0 Å². The molecule has 0 bridgehead atoms. The number of carbonyl (C=O) groups excluding carboxylic acids is 1. The minimum Gasteiger partial charge on any atom is -0.478 e. The number of aryl methyl sites for hydroxylation is 1. The molecule has 0 radical (unpaired) electrons. The van der Waals surface area contributed by atoms with E-state index in [0.717, 1.165) is 23.8 Å². The van der Waals surface area contributed by atoms with Gasteiger partial charge in [-0.3, -0.25) is 14.9 Å². The number of hydrogen-bond donors (Lipinski definition) is 0. The van der Waals surface area contributed by atoms with Gasteiger partial charge in [0.1, 0.15) is 5.82 Å². The van der Waals surface area contributed by atoms with E-state index in [-0.39, 0.29) is 17.2 Å². The fraction of sp³-hybridized carbons (Fsp3) is 0.133. The van der Waals surface area contributed by atoms with E-state index in [1.54, 1.807) is 31.2 Å². The third kappa shape index (κ3) is 3.42. The number of nitro groups is 1. The molecule has 0 aliphatic carbocycles. The Morgan fingerprint density at radius 1 is 1.29 bits per heavy atom. The van der Waals surface area contributed by atoms with Crippen LogP contribution in [0, 0.1) is 22.9 Å². The predicted octanol–water partition coefficient (Wildman–Crippen LogP) is 3.30. The number of benzene rings is 2. The number of Topliss-reactive ketones (excluding diaryl/α,β-unsaturated/α-hetero) is 1. The molecule has 0 amide bonds. The van der Waals surface area contributed by atoms with Crippen LogP contribution >= 0.6 is 0 Å². The first-order valence-electron chi connectivity index (χ1n) is 6.14. The monoisotopic (exact) mass is 289 g/mol. The molecule has 0 saturated carbocycles. The highest BCUT2D eigenvalue weighted by molar-refractivity contribution is 5.98. The molecular weight excluding hydrogens is 277 g/mol. The maximum Gasteiger partial charge on any atom is 0.311 e. The SMILES string of the molecule is Cc1ccccc1C(=O)COc1cc(F)ccc1[N+](=O)[O-]. The van der Waals surface area contributed by atoms with Crippen molar-refractivity contribution in [3.05, 3.63) is 69.5 Å². The summed E-state index contributed by atoms with van der Waals surface area (Å²) in [5, 5.41) is 10.8. The van der Waals surface area contributed by atoms with Crippen LogP contribution in [0.25, 0.3) is 0 Å². The summed E-state index contributed by atoms with van der Waals surface area (Å²) >= 11 is 0. The number of hydrogen-bond acceptors (Lipinski definition) is 4. The normalized spacial score (nSPS) is 10.2. The quantitative estimate of drug-likeness (QED) is 0.481. The molecular formula is C15H12FNO4. The van der Waals surface area contributed by atoms with E-state index in [1.165, 1.54) is 0 Å². The standard InChI is InChI=1S/C15H12FNO4/c1-10-4-2-3-5-12(10)14(18)9-21-15-8-11(16)6-7-13(15)17(19)20/h2-8H,9H2,1H3. The van der Waals surface area contributed by atoms with Gasteiger partial charge in [-0.2, -0.15) is 0 Å². The Hall–Kier alpha value is -2.76. The Balaban J connectivity index is 2.17. The molecule has 0 saturated heterocycles. The first-order chi connectivity index (χ1) is 9.99. The second-order valence-corrected chi connectivity index (χ2v) is 4.40. The largest absolute Gasteiger partial charge is 0.478 e. The lowest BCUT2D eigenvalue weighted by atomic mass is 10.1. The molecule has 0 atom stereocenters. The van der Waals surface area contributed by atoms with Gasteiger partial charge in [-0.25, -0.2) is 4.39 Å². The molecule has 0 unspecified atom stereocenters. The lowest BCUT2D eigenvalue weighted by Crippen LogP contribution is -2.13. The van der Waals surface area contributed by atoms with Gasteiger partial charge in [0, 0.05) is 17.7 Å². The van der Waals surface area contributed by atoms with Crippen molar-refractivity contribution < 1.29 is 18.8 Å². The van der Waals surface area contributed by atoms with E-state index >= 15 is 0 Å². The highest BCUT2D eigenvalue weighted by Gasteiger charge is 2.18. The van der Waals surface area contributed by atoms with E-state index in [2.05, 4.69) is 0 Å². The van der Waals surface area contributed by atoms with E-state index in [0.29, 0.717) is 5.56 Å². The number of carbonyl (C=O) groups is 1. The van der Waals surface area contributed by atoms with E-state index in [9.17, 15) is 19.3 Å². The average Bonchev–Trinajstić information content (AvgIpc) is 2.45. The number of ether oxygens (including phenoxy) is 1. The summed E-state index contributed by atoms with van der Waals surface area (Å²) in [5.74, 6) is -1.26. The van der Waals surface area contributed by atoms with Gasteiger partial charge in [-0.15, -0.1) is 0 Å². The van der Waals surface area contributed by atoms with Gasteiger partial charge < -0.3 is 4.74 Å². The lowest BCUT2D eigenvalue weighted by Gasteiger charge is -2.07. The minimum atomic E-state index is -0.687. The maximum absolute atomic E-state index is 13.1. The molecule has 2 aromatic rings. The van der Waals surface area contributed by atoms with Crippen molar-refractivity contribution in [2.45, 2.75) is 6.92 Å². The molecule has 5 nitrogen and oxygen atoms in total. The number of nitro benzene ring substituents is 1. The van der Waals surface area contributed by atoms with Gasteiger partial charge in [-0.1, -0.05) is 24.3 Å². The van der Waals surface area contributed by atoms with Crippen molar-refractivity contribution >= 4 is 11.5 Å². The lowest BCUT2D eigenvalue weighted by molar-refractivity contribution is -0.385. The maximum atomic E-state index is 13.1. The second-order valence-electron chi connectivity index (χ2n) is 4.40. The molecule has 2 rings (SSSR count). The van der Waals surface area contributed by atoms with Crippen molar-refractivity contribution in [1.82, 2.24) is 0 Å². The molecule has 0 N–H and O–H groups in total. The molecule has 0 aliphatic heterocycles. The van der Waals surface area contributed by atoms with E-state index in [4.69, 9.17) is 4.74 Å². The zero-order chi connectivity index (χ0) is 15.4. The fourth-order valence-corrected chi connectivity index (χ4v) is 1.86. The molecule has 2 aromatic carbocycles. The minimum absolute atomic E-state index is 0.262. The van der Waals surface area contributed by atoms with E-state index < -0.39 is 17.3 Å². The van der Waals surface area contributed by atoms with Gasteiger partial charge in [0.05, 0.1) is 4.92 Å². The van der Waals surface area contributed by atoms with Crippen LogP contribution < -0.4 is 4.74 Å². The first kappa shape index (κ1) is 14.6. The number of nitrogens with zero attached hydrogens (tertiary/aromatic N) is 1. The van der Waals surface area contributed by atoms with Crippen molar-refractivity contribution in [3.63, 3.8) is 0 Å². The third-order valence-corrected chi connectivity index (χ3v) is 2.92. The zero-order valence-corrected chi connectivity index (χ0v) is 11.2. The summed E-state index contributed by atoms with van der Waals surface area (Å²) in [5.41, 5.74) is 0.866. The van der Waals surface area contributed by atoms with Crippen LogP contribution in [-0.4, -0.2) is 17.3 Å². The summed E-state index contributed by atoms with van der Waals surface area (Å²) in [6.45, 7) is 1.38. The van der Waals surface area contributed by atoms with Gasteiger partial charge in [0.25, 0.3) is 0 Å². The molecule has 0 spiro atoms. The molecule has 6 heteroatoms. The Bertz CT molecular complexity index is 700. The van der Waals surface area contributed by atoms with Crippen LogP contribution in [0.5, 0.6) is 5.75 Å². The van der Waals surface area contributed by atoms with Crippen LogP contribution in [0.3, 0.4) is 0 Å². The number of halogens is 1. The van der Waals surface area contributed by atoms with Crippen LogP contribution in [0.4, 0.5) is 10.1 Å². The Morgan fingerprint density at radius 3 is 2.67 bits per heavy atom. The Kier molecular flexibility index (Phi) is 4.27. The van der Waals surface area contributed by atoms with E-state index in [1.807, 2.05) is 0 Å².